The fourth-order valence-electron chi connectivity index (χ4n) is 3.48. The Balaban J connectivity index is 1.33. The van der Waals surface area contributed by atoms with E-state index in [1.807, 2.05) is 24.3 Å². The van der Waals surface area contributed by atoms with Gasteiger partial charge in [0.05, 0.1) is 18.6 Å². The molecule has 1 heterocycles. The zero-order chi connectivity index (χ0) is 25.0. The number of nitrogens with zero attached hydrogens (tertiary/aromatic N) is 3. The van der Waals surface area contributed by atoms with Crippen molar-refractivity contribution in [2.75, 3.05) is 13.2 Å². The van der Waals surface area contributed by atoms with Crippen LogP contribution < -0.4 is 9.47 Å². The molecule has 0 saturated heterocycles. The molecule has 0 fully saturated rings. The monoisotopic (exact) mass is 513 g/mol. The van der Waals surface area contributed by atoms with Crippen molar-refractivity contribution in [2.24, 2.45) is 5.41 Å². The second kappa shape index (κ2) is 10.5. The summed E-state index contributed by atoms with van der Waals surface area (Å²) >= 11 is 12.6. The van der Waals surface area contributed by atoms with E-state index in [2.05, 4.69) is 10.2 Å². The molecule has 0 unspecified atom stereocenters. The van der Waals surface area contributed by atoms with Gasteiger partial charge in [-0.3, -0.25) is 4.79 Å². The molecule has 0 atom stereocenters. The normalized spacial score (nSPS) is 11.5. The predicted molar refractivity (Wildman–Crippen MR) is 136 cm³/mol. The van der Waals surface area contributed by atoms with E-state index < -0.39 is 11.4 Å². The first-order chi connectivity index (χ1) is 16.7. The van der Waals surface area contributed by atoms with E-state index in [0.717, 1.165) is 16.6 Å². The van der Waals surface area contributed by atoms with E-state index in [1.165, 1.54) is 4.80 Å². The molecule has 1 aromatic heterocycles. The Morgan fingerprint density at radius 1 is 0.971 bits per heavy atom. The molecule has 35 heavy (non-hydrogen) atoms. The number of rotatable bonds is 10. The minimum Gasteiger partial charge on any atom is -0.493 e. The Labute approximate surface area is 213 Å². The number of carbonyl (C=O) groups is 1. The van der Waals surface area contributed by atoms with Gasteiger partial charge < -0.3 is 14.6 Å². The second-order valence-corrected chi connectivity index (χ2v) is 9.60. The topological polar surface area (TPSA) is 86.5 Å². The average Bonchev–Trinajstić information content (AvgIpc) is 3.25. The van der Waals surface area contributed by atoms with Gasteiger partial charge in [-0.1, -0.05) is 41.4 Å². The first-order valence-electron chi connectivity index (χ1n) is 11.1. The highest BCUT2D eigenvalue weighted by Crippen LogP contribution is 2.30. The van der Waals surface area contributed by atoms with E-state index in [-0.39, 0.29) is 0 Å². The fourth-order valence-corrected chi connectivity index (χ4v) is 3.88. The van der Waals surface area contributed by atoms with Crippen LogP contribution in [0.4, 0.5) is 0 Å². The first-order valence-corrected chi connectivity index (χ1v) is 11.9. The van der Waals surface area contributed by atoms with Crippen LogP contribution in [0.15, 0.2) is 60.7 Å². The first kappa shape index (κ1) is 24.8. The number of benzene rings is 3. The number of aliphatic carboxylic acids is 1. The average molecular weight is 514 g/mol. The van der Waals surface area contributed by atoms with Gasteiger partial charge in [-0.05, 0) is 68.3 Å². The van der Waals surface area contributed by atoms with Crippen molar-refractivity contribution in [1.82, 2.24) is 15.0 Å². The zero-order valence-corrected chi connectivity index (χ0v) is 20.9. The second-order valence-electron chi connectivity index (χ2n) is 8.76. The molecule has 0 spiro atoms. The molecule has 3 aromatic carbocycles. The van der Waals surface area contributed by atoms with Crippen LogP contribution in [0, 0.1) is 5.41 Å². The summed E-state index contributed by atoms with van der Waals surface area (Å²) < 4.78 is 11.8. The molecule has 7 nitrogen and oxygen atoms in total. The molecule has 0 amide bonds. The van der Waals surface area contributed by atoms with E-state index >= 15 is 0 Å². The zero-order valence-electron chi connectivity index (χ0n) is 19.4. The van der Waals surface area contributed by atoms with Gasteiger partial charge in [0.2, 0.25) is 0 Å². The van der Waals surface area contributed by atoms with Crippen LogP contribution in [-0.2, 0) is 11.2 Å². The van der Waals surface area contributed by atoms with Crippen molar-refractivity contribution in [3.05, 3.63) is 76.3 Å². The van der Waals surface area contributed by atoms with Crippen molar-refractivity contribution in [3.8, 4) is 17.2 Å². The van der Waals surface area contributed by atoms with E-state index in [9.17, 15) is 9.90 Å². The lowest BCUT2D eigenvalue weighted by molar-refractivity contribution is -0.146. The van der Waals surface area contributed by atoms with Gasteiger partial charge in [-0.15, -0.1) is 15.0 Å². The predicted octanol–water partition coefficient (Wildman–Crippen LogP) is 6.23. The van der Waals surface area contributed by atoms with Crippen molar-refractivity contribution in [3.63, 3.8) is 0 Å². The molecule has 0 aliphatic heterocycles. The number of carboxylic acid groups (broad SMARTS) is 1. The molecule has 4 rings (SSSR count). The largest absolute Gasteiger partial charge is 0.493 e. The molecule has 4 aromatic rings. The van der Waals surface area contributed by atoms with Crippen molar-refractivity contribution < 1.29 is 19.4 Å². The third-order valence-corrected chi connectivity index (χ3v) is 6.06. The number of halogens is 2. The van der Waals surface area contributed by atoms with Crippen LogP contribution in [0.2, 0.25) is 10.0 Å². The molecule has 1 N–H and O–H groups in total. The molecule has 182 valence electrons. The SMILES string of the molecule is CC(C)(Cc1ccc(OCCCOc2ccc(Cl)cc2-n2nc3ccccc3n2)cc1Cl)C(=O)O. The van der Waals surface area contributed by atoms with Gasteiger partial charge in [0.15, 0.2) is 0 Å². The Bertz CT molecular complexity index is 1320. The number of aromatic nitrogens is 3. The quantitative estimate of drug-likeness (QED) is 0.253. The Morgan fingerprint density at radius 3 is 2.31 bits per heavy atom. The summed E-state index contributed by atoms with van der Waals surface area (Å²) in [6, 6.07) is 18.2. The number of fused-ring (bicyclic) bond motifs is 1. The molecule has 0 saturated carbocycles. The highest BCUT2D eigenvalue weighted by molar-refractivity contribution is 6.31. The van der Waals surface area contributed by atoms with Gasteiger partial charge >= 0.3 is 5.97 Å². The van der Waals surface area contributed by atoms with Gasteiger partial charge in [-0.25, -0.2) is 0 Å². The number of carboxylic acids is 1. The number of hydrogen-bond donors (Lipinski definition) is 1. The molecule has 0 bridgehead atoms. The standard InChI is InChI=1S/C26H25Cl2N3O4/c1-26(2,25(32)33)16-17-8-10-19(15-20(17)28)34-12-5-13-35-24-11-9-18(27)14-23(24)31-29-21-6-3-4-7-22(21)30-31/h3-4,6-11,14-15H,5,12-13,16H2,1-2H3,(H,32,33). The maximum absolute atomic E-state index is 11.4. The summed E-state index contributed by atoms with van der Waals surface area (Å²) in [4.78, 5) is 12.9. The molecule has 9 heteroatoms. The number of ether oxygens (including phenoxy) is 2. The van der Waals surface area contributed by atoms with Crippen LogP contribution in [0.3, 0.4) is 0 Å². The fraction of sp³-hybridized carbons (Fsp3) is 0.269. The Morgan fingerprint density at radius 2 is 1.66 bits per heavy atom. The molecule has 0 radical (unpaired) electrons. The van der Waals surface area contributed by atoms with Gasteiger partial charge in [0, 0.05) is 16.5 Å². The summed E-state index contributed by atoms with van der Waals surface area (Å²) in [5, 5.41) is 19.4. The smallest absolute Gasteiger partial charge is 0.309 e. The highest BCUT2D eigenvalue weighted by Gasteiger charge is 2.28. The van der Waals surface area contributed by atoms with Gasteiger partial charge in [0.1, 0.15) is 28.2 Å². The Kier molecular flexibility index (Phi) is 7.48. The van der Waals surface area contributed by atoms with E-state index in [1.54, 1.807) is 50.2 Å². The summed E-state index contributed by atoms with van der Waals surface area (Å²) in [7, 11) is 0. The van der Waals surface area contributed by atoms with Gasteiger partial charge in [-0.2, -0.15) is 0 Å². The van der Waals surface area contributed by atoms with Crippen molar-refractivity contribution in [1.29, 1.82) is 0 Å². The minimum absolute atomic E-state index is 0.333. The van der Waals surface area contributed by atoms with E-state index in [4.69, 9.17) is 32.7 Å². The van der Waals surface area contributed by atoms with E-state index in [0.29, 0.717) is 53.3 Å². The third kappa shape index (κ3) is 6.05. The lowest BCUT2D eigenvalue weighted by atomic mass is 9.86. The Hall–Kier alpha value is -3.29. The molecular weight excluding hydrogens is 489 g/mol. The third-order valence-electron chi connectivity index (χ3n) is 5.47. The maximum Gasteiger partial charge on any atom is 0.309 e. The summed E-state index contributed by atoms with van der Waals surface area (Å²) in [5.74, 6) is 0.365. The summed E-state index contributed by atoms with van der Waals surface area (Å²) in [5.41, 5.74) is 2.08. The molecular formula is C26H25Cl2N3O4. The van der Waals surface area contributed by atoms with Crippen molar-refractivity contribution in [2.45, 2.75) is 26.7 Å². The van der Waals surface area contributed by atoms with Crippen LogP contribution in [-0.4, -0.2) is 39.3 Å². The minimum atomic E-state index is -0.901. The lowest BCUT2D eigenvalue weighted by Gasteiger charge is -2.20. The van der Waals surface area contributed by atoms with Gasteiger partial charge in [0.25, 0.3) is 0 Å². The lowest BCUT2D eigenvalue weighted by Crippen LogP contribution is -2.26. The number of hydrogen-bond acceptors (Lipinski definition) is 5. The maximum atomic E-state index is 11.4. The molecule has 0 aliphatic carbocycles. The summed E-state index contributed by atoms with van der Waals surface area (Å²) in [6.07, 6.45) is 0.960. The van der Waals surface area contributed by atoms with Crippen LogP contribution in [0.25, 0.3) is 16.7 Å². The van der Waals surface area contributed by atoms with Crippen LogP contribution >= 0.6 is 23.2 Å². The van der Waals surface area contributed by atoms with Crippen molar-refractivity contribution >= 4 is 40.2 Å². The van der Waals surface area contributed by atoms with Crippen LogP contribution in [0.5, 0.6) is 11.5 Å². The summed E-state index contributed by atoms with van der Waals surface area (Å²) in [6.45, 7) is 4.18. The molecule has 0 aliphatic rings. The van der Waals surface area contributed by atoms with Crippen LogP contribution in [0.1, 0.15) is 25.8 Å². The highest BCUT2D eigenvalue weighted by atomic mass is 35.5.